The molecule has 2 rings (SSSR count). The van der Waals surface area contributed by atoms with Gasteiger partial charge >= 0.3 is 5.97 Å². The molecule has 1 amide bonds. The first kappa shape index (κ1) is 19.4. The molecule has 8 nitrogen and oxygen atoms in total. The summed E-state index contributed by atoms with van der Waals surface area (Å²) in [6.07, 6.45) is 4.56. The van der Waals surface area contributed by atoms with Crippen LogP contribution in [0, 0.1) is 0 Å². The lowest BCUT2D eigenvalue weighted by Gasteiger charge is -2.06. The first-order chi connectivity index (χ1) is 12.3. The molecule has 0 atom stereocenters. The van der Waals surface area contributed by atoms with E-state index in [2.05, 4.69) is 5.32 Å². The maximum Gasteiger partial charge on any atom is 0.331 e. The molecule has 0 saturated carbocycles. The summed E-state index contributed by atoms with van der Waals surface area (Å²) in [7, 11) is -3.72. The summed E-state index contributed by atoms with van der Waals surface area (Å²) in [4.78, 5) is 23.1. The van der Waals surface area contributed by atoms with Gasteiger partial charge in [-0.05, 0) is 42.3 Å². The Hall–Kier alpha value is -2.91. The summed E-state index contributed by atoms with van der Waals surface area (Å²) in [5, 5.41) is 7.62. The van der Waals surface area contributed by atoms with Crippen molar-refractivity contribution in [2.45, 2.75) is 11.3 Å². The SMILES string of the molecule is NS(=O)(=O)c1ccc(CCNC(=O)COC(=O)/C=C/c2ccco2)cc1. The normalized spacial score (nSPS) is 11.4. The van der Waals surface area contributed by atoms with Crippen LogP contribution in [0.3, 0.4) is 0 Å². The average molecular weight is 378 g/mol. The molecule has 0 saturated heterocycles. The van der Waals surface area contributed by atoms with Gasteiger partial charge in [0.2, 0.25) is 10.0 Å². The van der Waals surface area contributed by atoms with Crippen molar-refractivity contribution >= 4 is 28.0 Å². The number of hydrogen-bond acceptors (Lipinski definition) is 6. The highest BCUT2D eigenvalue weighted by atomic mass is 32.2. The highest BCUT2D eigenvalue weighted by molar-refractivity contribution is 7.89. The van der Waals surface area contributed by atoms with E-state index < -0.39 is 28.5 Å². The third-order valence-corrected chi connectivity index (χ3v) is 4.19. The maximum atomic E-state index is 11.6. The first-order valence-corrected chi connectivity index (χ1v) is 9.16. The topological polar surface area (TPSA) is 129 Å². The maximum absolute atomic E-state index is 11.6. The molecule has 0 fully saturated rings. The van der Waals surface area contributed by atoms with Crippen LogP contribution in [0.5, 0.6) is 0 Å². The molecule has 0 aliphatic rings. The number of ether oxygens (including phenoxy) is 1. The number of primary sulfonamides is 1. The van der Waals surface area contributed by atoms with Crippen molar-refractivity contribution < 1.29 is 27.2 Å². The Morgan fingerprint density at radius 1 is 1.19 bits per heavy atom. The molecule has 1 aromatic heterocycles. The van der Waals surface area contributed by atoms with Gasteiger partial charge in [-0.25, -0.2) is 18.4 Å². The van der Waals surface area contributed by atoms with Crippen LogP contribution >= 0.6 is 0 Å². The van der Waals surface area contributed by atoms with Gasteiger partial charge in [-0.3, -0.25) is 4.79 Å². The van der Waals surface area contributed by atoms with Crippen LogP contribution in [0.1, 0.15) is 11.3 Å². The van der Waals surface area contributed by atoms with Crippen LogP contribution in [0.4, 0.5) is 0 Å². The molecule has 0 unspecified atom stereocenters. The summed E-state index contributed by atoms with van der Waals surface area (Å²) >= 11 is 0. The van der Waals surface area contributed by atoms with Gasteiger partial charge in [0.25, 0.3) is 5.91 Å². The minimum absolute atomic E-state index is 0.0276. The smallest absolute Gasteiger partial charge is 0.331 e. The lowest BCUT2D eigenvalue weighted by Crippen LogP contribution is -2.30. The van der Waals surface area contributed by atoms with Crippen molar-refractivity contribution in [3.05, 3.63) is 60.1 Å². The molecule has 0 aliphatic heterocycles. The molecule has 26 heavy (non-hydrogen) atoms. The van der Waals surface area contributed by atoms with Crippen molar-refractivity contribution in [1.29, 1.82) is 0 Å². The van der Waals surface area contributed by atoms with Gasteiger partial charge in [-0.15, -0.1) is 0 Å². The minimum atomic E-state index is -3.72. The van der Waals surface area contributed by atoms with Gasteiger partial charge in [0.1, 0.15) is 5.76 Å². The fraction of sp³-hybridized carbons (Fsp3) is 0.176. The summed E-state index contributed by atoms with van der Waals surface area (Å²) in [5.41, 5.74) is 0.830. The molecule has 0 radical (unpaired) electrons. The highest BCUT2D eigenvalue weighted by Crippen LogP contribution is 2.08. The zero-order chi connectivity index (χ0) is 19.0. The Morgan fingerprint density at radius 3 is 2.54 bits per heavy atom. The molecule has 138 valence electrons. The van der Waals surface area contributed by atoms with E-state index in [4.69, 9.17) is 14.3 Å². The number of benzene rings is 1. The number of nitrogens with one attached hydrogen (secondary N) is 1. The number of carbonyl (C=O) groups excluding carboxylic acids is 2. The monoisotopic (exact) mass is 378 g/mol. The van der Waals surface area contributed by atoms with E-state index in [9.17, 15) is 18.0 Å². The van der Waals surface area contributed by atoms with Crippen LogP contribution in [-0.2, 0) is 30.8 Å². The van der Waals surface area contributed by atoms with Gasteiger partial charge in [-0.2, -0.15) is 0 Å². The lowest BCUT2D eigenvalue weighted by molar-refractivity contribution is -0.143. The Bertz CT molecular complexity index is 870. The number of furan rings is 1. The second-order valence-electron chi connectivity index (χ2n) is 5.25. The van der Waals surface area contributed by atoms with Crippen LogP contribution in [0.2, 0.25) is 0 Å². The van der Waals surface area contributed by atoms with Gasteiger partial charge in [0.15, 0.2) is 6.61 Å². The third kappa shape index (κ3) is 6.54. The summed E-state index contributed by atoms with van der Waals surface area (Å²) in [5.74, 6) is -0.596. The third-order valence-electron chi connectivity index (χ3n) is 3.26. The fourth-order valence-corrected chi connectivity index (χ4v) is 2.48. The second kappa shape index (κ2) is 8.97. The molecule has 0 spiro atoms. The second-order valence-corrected chi connectivity index (χ2v) is 6.81. The summed E-state index contributed by atoms with van der Waals surface area (Å²) in [6.45, 7) is -0.0843. The quantitative estimate of drug-likeness (QED) is 0.517. The molecule has 1 aromatic carbocycles. The average Bonchev–Trinajstić information content (AvgIpc) is 3.11. The Morgan fingerprint density at radius 2 is 1.92 bits per heavy atom. The molecular weight excluding hydrogens is 360 g/mol. The largest absolute Gasteiger partial charge is 0.465 e. The zero-order valence-corrected chi connectivity index (χ0v) is 14.6. The Kier molecular flexibility index (Phi) is 6.70. The van der Waals surface area contributed by atoms with E-state index in [0.29, 0.717) is 18.7 Å². The number of hydrogen-bond donors (Lipinski definition) is 2. The Labute approximate surface area is 150 Å². The first-order valence-electron chi connectivity index (χ1n) is 7.61. The molecular formula is C17H18N2O6S. The van der Waals surface area contributed by atoms with E-state index in [1.807, 2.05) is 0 Å². The Balaban J connectivity index is 1.68. The number of carbonyl (C=O) groups is 2. The molecule has 9 heteroatoms. The zero-order valence-electron chi connectivity index (χ0n) is 13.8. The predicted molar refractivity (Wildman–Crippen MR) is 93.2 cm³/mol. The predicted octanol–water partition coefficient (Wildman–Crippen LogP) is 0.842. The van der Waals surface area contributed by atoms with Crippen molar-refractivity contribution in [3.8, 4) is 0 Å². The van der Waals surface area contributed by atoms with Gasteiger partial charge in [0, 0.05) is 12.6 Å². The molecule has 1 heterocycles. The fourth-order valence-electron chi connectivity index (χ4n) is 1.96. The van der Waals surface area contributed by atoms with E-state index >= 15 is 0 Å². The number of rotatable bonds is 8. The molecule has 0 aliphatic carbocycles. The summed E-state index contributed by atoms with van der Waals surface area (Å²) < 4.78 is 32.1. The number of nitrogens with two attached hydrogens (primary N) is 1. The molecule has 2 aromatic rings. The van der Waals surface area contributed by atoms with Crippen molar-refractivity contribution in [3.63, 3.8) is 0 Å². The molecule has 0 bridgehead atoms. The van der Waals surface area contributed by atoms with Crippen LogP contribution in [0.15, 0.2) is 58.1 Å². The van der Waals surface area contributed by atoms with Gasteiger partial charge < -0.3 is 14.5 Å². The summed E-state index contributed by atoms with van der Waals surface area (Å²) in [6, 6.07) is 9.39. The van der Waals surface area contributed by atoms with E-state index in [-0.39, 0.29) is 4.90 Å². The standard InChI is InChI=1S/C17H18N2O6S/c18-26(22,23)15-6-3-13(4-7-15)9-10-19-16(20)12-25-17(21)8-5-14-2-1-11-24-14/h1-8,11H,9-10,12H2,(H,19,20)(H2,18,22,23)/b8-5+. The van der Waals surface area contributed by atoms with Gasteiger partial charge in [0.05, 0.1) is 11.2 Å². The van der Waals surface area contributed by atoms with Crippen LogP contribution < -0.4 is 10.5 Å². The van der Waals surface area contributed by atoms with Crippen LogP contribution in [0.25, 0.3) is 6.08 Å². The lowest BCUT2D eigenvalue weighted by atomic mass is 10.1. The number of esters is 1. The number of amides is 1. The van der Waals surface area contributed by atoms with E-state index in [1.54, 1.807) is 24.3 Å². The van der Waals surface area contributed by atoms with E-state index in [1.165, 1.54) is 30.5 Å². The minimum Gasteiger partial charge on any atom is -0.465 e. The van der Waals surface area contributed by atoms with Crippen molar-refractivity contribution in [1.82, 2.24) is 5.32 Å². The van der Waals surface area contributed by atoms with Crippen molar-refractivity contribution in [2.24, 2.45) is 5.14 Å². The highest BCUT2D eigenvalue weighted by Gasteiger charge is 2.07. The van der Waals surface area contributed by atoms with Crippen molar-refractivity contribution in [2.75, 3.05) is 13.2 Å². The van der Waals surface area contributed by atoms with E-state index in [0.717, 1.165) is 5.56 Å². The number of sulfonamides is 1. The van der Waals surface area contributed by atoms with Gasteiger partial charge in [-0.1, -0.05) is 12.1 Å². The van der Waals surface area contributed by atoms with Crippen LogP contribution in [-0.4, -0.2) is 33.4 Å². The molecule has 3 N–H and O–H groups in total.